The Morgan fingerprint density at radius 3 is 2.70 bits per heavy atom. The third kappa shape index (κ3) is 5.44. The summed E-state index contributed by atoms with van der Waals surface area (Å²) in [6, 6.07) is 15.1. The fourth-order valence-electron chi connectivity index (χ4n) is 2.03. The highest BCUT2D eigenvalue weighted by atomic mass is 16.5. The molecule has 5 heteroatoms. The highest BCUT2D eigenvalue weighted by molar-refractivity contribution is 5.77. The Morgan fingerprint density at radius 2 is 2.04 bits per heavy atom. The second-order valence-electron chi connectivity index (χ2n) is 5.15. The number of aromatic nitrogens is 1. The summed E-state index contributed by atoms with van der Waals surface area (Å²) in [6.45, 7) is 2.68. The van der Waals surface area contributed by atoms with Crippen molar-refractivity contribution in [2.75, 3.05) is 13.2 Å². The summed E-state index contributed by atoms with van der Waals surface area (Å²) in [6.07, 6.45) is 1.97. The summed E-state index contributed by atoms with van der Waals surface area (Å²) in [7, 11) is 0. The molecule has 0 radical (unpaired) electrons. The predicted molar refractivity (Wildman–Crippen MR) is 86.6 cm³/mol. The van der Waals surface area contributed by atoms with Gasteiger partial charge in [-0.3, -0.25) is 9.78 Å². The lowest BCUT2D eigenvalue weighted by Gasteiger charge is -2.21. The average Bonchev–Trinajstić information content (AvgIpc) is 2.58. The molecule has 0 saturated heterocycles. The molecule has 0 aliphatic heterocycles. The standard InChI is InChI=1S/C18H19N3O2/c1-15-6-8-17(9-7-15)23-14-18(22)21(12-4-10-19)13-16-5-2-3-11-20-16/h2-3,5-9,11H,4,12-14H2,1H3. The van der Waals surface area contributed by atoms with Gasteiger partial charge in [-0.2, -0.15) is 5.26 Å². The first-order chi connectivity index (χ1) is 11.2. The molecule has 2 rings (SSSR count). The average molecular weight is 309 g/mol. The molecule has 2 aromatic rings. The summed E-state index contributed by atoms with van der Waals surface area (Å²) in [5.74, 6) is 0.494. The maximum absolute atomic E-state index is 12.4. The van der Waals surface area contributed by atoms with Gasteiger partial charge in [0.25, 0.3) is 5.91 Å². The number of benzene rings is 1. The van der Waals surface area contributed by atoms with Gasteiger partial charge in [0.15, 0.2) is 6.61 Å². The van der Waals surface area contributed by atoms with E-state index in [9.17, 15) is 4.79 Å². The van der Waals surface area contributed by atoms with Gasteiger partial charge in [-0.25, -0.2) is 0 Å². The molecular formula is C18H19N3O2. The fraction of sp³-hybridized carbons (Fsp3) is 0.278. The van der Waals surface area contributed by atoms with Crippen molar-refractivity contribution < 1.29 is 9.53 Å². The van der Waals surface area contributed by atoms with Crippen LogP contribution < -0.4 is 4.74 Å². The number of amides is 1. The van der Waals surface area contributed by atoms with Gasteiger partial charge < -0.3 is 9.64 Å². The number of ether oxygens (including phenoxy) is 1. The molecule has 0 aliphatic carbocycles. The van der Waals surface area contributed by atoms with E-state index in [1.165, 1.54) is 0 Å². The van der Waals surface area contributed by atoms with Crippen molar-refractivity contribution in [1.82, 2.24) is 9.88 Å². The maximum Gasteiger partial charge on any atom is 0.260 e. The second-order valence-corrected chi connectivity index (χ2v) is 5.15. The molecule has 0 fully saturated rings. The van der Waals surface area contributed by atoms with Crippen molar-refractivity contribution in [3.63, 3.8) is 0 Å². The van der Waals surface area contributed by atoms with Crippen LogP contribution in [0.15, 0.2) is 48.7 Å². The molecule has 5 nitrogen and oxygen atoms in total. The Balaban J connectivity index is 1.95. The van der Waals surface area contributed by atoms with Crippen molar-refractivity contribution >= 4 is 5.91 Å². The highest BCUT2D eigenvalue weighted by Gasteiger charge is 2.15. The van der Waals surface area contributed by atoms with Crippen LogP contribution in [0.4, 0.5) is 0 Å². The van der Waals surface area contributed by atoms with E-state index in [0.29, 0.717) is 18.8 Å². The molecule has 0 aliphatic rings. The molecule has 0 unspecified atom stereocenters. The third-order valence-electron chi connectivity index (χ3n) is 3.31. The van der Waals surface area contributed by atoms with E-state index < -0.39 is 0 Å². The summed E-state index contributed by atoms with van der Waals surface area (Å²) >= 11 is 0. The zero-order chi connectivity index (χ0) is 16.5. The van der Waals surface area contributed by atoms with E-state index in [1.54, 1.807) is 11.1 Å². The first kappa shape index (κ1) is 16.5. The lowest BCUT2D eigenvalue weighted by atomic mass is 10.2. The molecule has 0 N–H and O–H groups in total. The van der Waals surface area contributed by atoms with Crippen LogP contribution in [0.1, 0.15) is 17.7 Å². The van der Waals surface area contributed by atoms with Gasteiger partial charge in [-0.05, 0) is 31.2 Å². The van der Waals surface area contributed by atoms with E-state index in [4.69, 9.17) is 10.00 Å². The van der Waals surface area contributed by atoms with Gasteiger partial charge in [0.2, 0.25) is 0 Å². The Labute approximate surface area is 136 Å². The van der Waals surface area contributed by atoms with Crippen molar-refractivity contribution in [3.8, 4) is 11.8 Å². The number of rotatable bonds is 7. The lowest BCUT2D eigenvalue weighted by Crippen LogP contribution is -2.35. The zero-order valence-corrected chi connectivity index (χ0v) is 13.1. The van der Waals surface area contributed by atoms with Crippen LogP contribution in [0.5, 0.6) is 5.75 Å². The Bertz CT molecular complexity index is 663. The normalized spacial score (nSPS) is 9.91. The van der Waals surface area contributed by atoms with Crippen LogP contribution in [0.3, 0.4) is 0 Å². The van der Waals surface area contributed by atoms with Crippen LogP contribution in [0.2, 0.25) is 0 Å². The Hall–Kier alpha value is -2.87. The van der Waals surface area contributed by atoms with E-state index in [1.807, 2.05) is 49.4 Å². The molecule has 1 heterocycles. The molecule has 1 amide bonds. The molecule has 0 saturated carbocycles. The predicted octanol–water partition coefficient (Wildman–Crippen LogP) is 2.71. The number of aryl methyl sites for hydroxylation is 1. The van der Waals surface area contributed by atoms with Gasteiger partial charge in [0.05, 0.1) is 24.7 Å². The maximum atomic E-state index is 12.4. The molecule has 0 bridgehead atoms. The minimum atomic E-state index is -0.161. The Morgan fingerprint density at radius 1 is 1.26 bits per heavy atom. The van der Waals surface area contributed by atoms with Crippen molar-refractivity contribution in [3.05, 3.63) is 59.9 Å². The van der Waals surface area contributed by atoms with Crippen LogP contribution >= 0.6 is 0 Å². The van der Waals surface area contributed by atoms with Crippen molar-refractivity contribution in [1.29, 1.82) is 5.26 Å². The zero-order valence-electron chi connectivity index (χ0n) is 13.1. The van der Waals surface area contributed by atoms with E-state index >= 15 is 0 Å². The van der Waals surface area contributed by atoms with E-state index in [-0.39, 0.29) is 18.9 Å². The Kier molecular flexibility index (Phi) is 6.13. The van der Waals surface area contributed by atoms with Crippen molar-refractivity contribution in [2.24, 2.45) is 0 Å². The lowest BCUT2D eigenvalue weighted by molar-refractivity contribution is -0.134. The van der Waals surface area contributed by atoms with Gasteiger partial charge in [0, 0.05) is 12.7 Å². The molecule has 1 aromatic carbocycles. The first-order valence-corrected chi connectivity index (χ1v) is 7.43. The molecule has 118 valence electrons. The van der Waals surface area contributed by atoms with Gasteiger partial charge in [-0.1, -0.05) is 23.8 Å². The molecular weight excluding hydrogens is 290 g/mol. The highest BCUT2D eigenvalue weighted by Crippen LogP contribution is 2.12. The summed E-state index contributed by atoms with van der Waals surface area (Å²) in [4.78, 5) is 18.2. The minimum absolute atomic E-state index is 0.0542. The van der Waals surface area contributed by atoms with Gasteiger partial charge in [-0.15, -0.1) is 0 Å². The summed E-state index contributed by atoms with van der Waals surface area (Å²) in [5, 5.41) is 8.76. The van der Waals surface area contributed by atoms with Crippen LogP contribution in [0, 0.1) is 18.3 Å². The number of nitriles is 1. The number of pyridine rings is 1. The number of hydrogen-bond donors (Lipinski definition) is 0. The number of carbonyl (C=O) groups is 1. The first-order valence-electron chi connectivity index (χ1n) is 7.43. The fourth-order valence-corrected chi connectivity index (χ4v) is 2.03. The SMILES string of the molecule is Cc1ccc(OCC(=O)N(CCC#N)Cc2ccccn2)cc1. The number of nitrogens with zero attached hydrogens (tertiary/aromatic N) is 3. The molecule has 23 heavy (non-hydrogen) atoms. The van der Waals surface area contributed by atoms with E-state index in [0.717, 1.165) is 11.3 Å². The van der Waals surface area contributed by atoms with Gasteiger partial charge in [0.1, 0.15) is 5.75 Å². The molecule has 1 aromatic heterocycles. The molecule has 0 atom stereocenters. The number of hydrogen-bond acceptors (Lipinski definition) is 4. The third-order valence-corrected chi connectivity index (χ3v) is 3.31. The number of carbonyl (C=O) groups excluding carboxylic acids is 1. The smallest absolute Gasteiger partial charge is 0.260 e. The molecule has 0 spiro atoms. The van der Waals surface area contributed by atoms with Crippen molar-refractivity contribution in [2.45, 2.75) is 19.9 Å². The van der Waals surface area contributed by atoms with Crippen LogP contribution in [-0.2, 0) is 11.3 Å². The largest absolute Gasteiger partial charge is 0.484 e. The topological polar surface area (TPSA) is 66.2 Å². The van der Waals surface area contributed by atoms with E-state index in [2.05, 4.69) is 11.1 Å². The minimum Gasteiger partial charge on any atom is -0.484 e. The second kappa shape index (κ2) is 8.54. The summed E-state index contributed by atoms with van der Waals surface area (Å²) in [5.41, 5.74) is 1.92. The quantitative estimate of drug-likeness (QED) is 0.788. The van der Waals surface area contributed by atoms with Crippen LogP contribution in [0.25, 0.3) is 0 Å². The summed E-state index contributed by atoms with van der Waals surface area (Å²) < 4.78 is 5.53. The monoisotopic (exact) mass is 309 g/mol. The van der Waals surface area contributed by atoms with Gasteiger partial charge >= 0.3 is 0 Å². The van der Waals surface area contributed by atoms with Crippen LogP contribution in [-0.4, -0.2) is 28.9 Å².